The molecule has 25 heavy (non-hydrogen) atoms. The van der Waals surface area contributed by atoms with Crippen LogP contribution in [0.5, 0.6) is 0 Å². The SMILES string of the molecule is CCCCC(NC(=O)c1ccn(-c2ccc([N+](=O)[O-])cc2)n1)C(=O)O. The van der Waals surface area contributed by atoms with Gasteiger partial charge in [0.1, 0.15) is 6.04 Å². The number of hydrogen-bond donors (Lipinski definition) is 2. The molecule has 1 atom stereocenters. The average molecular weight is 346 g/mol. The van der Waals surface area contributed by atoms with Crippen molar-refractivity contribution in [1.82, 2.24) is 15.1 Å². The fourth-order valence-corrected chi connectivity index (χ4v) is 2.21. The number of carbonyl (C=O) groups is 2. The summed E-state index contributed by atoms with van der Waals surface area (Å²) in [4.78, 5) is 33.5. The van der Waals surface area contributed by atoms with E-state index < -0.39 is 22.8 Å². The molecule has 0 bridgehead atoms. The summed E-state index contributed by atoms with van der Waals surface area (Å²) in [5.74, 6) is -1.67. The minimum absolute atomic E-state index is 0.0471. The Kier molecular flexibility index (Phi) is 5.83. The van der Waals surface area contributed by atoms with Gasteiger partial charge in [-0.25, -0.2) is 9.48 Å². The number of carboxylic acid groups (broad SMARTS) is 1. The first-order chi connectivity index (χ1) is 11.9. The lowest BCUT2D eigenvalue weighted by Gasteiger charge is -2.12. The van der Waals surface area contributed by atoms with Crippen molar-refractivity contribution in [3.8, 4) is 5.69 Å². The van der Waals surface area contributed by atoms with Crippen molar-refractivity contribution in [2.24, 2.45) is 0 Å². The first kappa shape index (κ1) is 18.1. The van der Waals surface area contributed by atoms with Crippen molar-refractivity contribution in [3.05, 3.63) is 52.3 Å². The van der Waals surface area contributed by atoms with Crippen LogP contribution in [0.15, 0.2) is 36.5 Å². The molecule has 0 fully saturated rings. The number of nitro groups is 1. The molecule has 1 aromatic carbocycles. The standard InChI is InChI=1S/C16H18N4O5/c1-2-3-4-14(16(22)23)17-15(21)13-9-10-19(18-13)11-5-7-12(8-6-11)20(24)25/h5-10,14H,2-4H2,1H3,(H,17,21)(H,22,23). The summed E-state index contributed by atoms with van der Waals surface area (Å²) in [6.07, 6.45) is 3.39. The van der Waals surface area contributed by atoms with Gasteiger partial charge < -0.3 is 10.4 Å². The Labute approximate surface area is 143 Å². The number of non-ortho nitro benzene ring substituents is 1. The second-order valence-corrected chi connectivity index (χ2v) is 5.43. The van der Waals surface area contributed by atoms with Crippen LogP contribution in [-0.4, -0.2) is 37.7 Å². The lowest BCUT2D eigenvalue weighted by atomic mass is 10.1. The van der Waals surface area contributed by atoms with Gasteiger partial charge in [-0.3, -0.25) is 14.9 Å². The number of hydrogen-bond acceptors (Lipinski definition) is 5. The van der Waals surface area contributed by atoms with Crippen molar-refractivity contribution in [1.29, 1.82) is 0 Å². The van der Waals surface area contributed by atoms with Crippen molar-refractivity contribution in [2.45, 2.75) is 32.2 Å². The smallest absolute Gasteiger partial charge is 0.326 e. The fourth-order valence-electron chi connectivity index (χ4n) is 2.21. The van der Waals surface area contributed by atoms with Crippen molar-refractivity contribution >= 4 is 17.6 Å². The maximum absolute atomic E-state index is 12.2. The Hall–Kier alpha value is -3.23. The Balaban J connectivity index is 2.10. The number of aromatic nitrogens is 2. The second-order valence-electron chi connectivity index (χ2n) is 5.43. The molecular formula is C16H18N4O5. The minimum atomic E-state index is -1.09. The van der Waals surface area contributed by atoms with Gasteiger partial charge in [0.25, 0.3) is 11.6 Å². The van der Waals surface area contributed by atoms with Crippen molar-refractivity contribution in [2.75, 3.05) is 0 Å². The lowest BCUT2D eigenvalue weighted by molar-refractivity contribution is -0.384. The third-order valence-corrected chi connectivity index (χ3v) is 3.60. The van der Waals surface area contributed by atoms with Gasteiger partial charge in [-0.15, -0.1) is 0 Å². The Morgan fingerprint density at radius 2 is 2.00 bits per heavy atom. The zero-order chi connectivity index (χ0) is 18.4. The van der Waals surface area contributed by atoms with Crippen LogP contribution in [0.1, 0.15) is 36.7 Å². The molecule has 0 aliphatic rings. The zero-order valence-corrected chi connectivity index (χ0v) is 13.6. The summed E-state index contributed by atoms with van der Waals surface area (Å²) in [7, 11) is 0. The summed E-state index contributed by atoms with van der Waals surface area (Å²) in [5.41, 5.74) is 0.570. The number of nitrogens with one attached hydrogen (secondary N) is 1. The van der Waals surface area contributed by atoms with Gasteiger partial charge in [0.05, 0.1) is 10.6 Å². The third kappa shape index (κ3) is 4.63. The minimum Gasteiger partial charge on any atom is -0.480 e. The molecule has 1 amide bonds. The van der Waals surface area contributed by atoms with Crippen molar-refractivity contribution in [3.63, 3.8) is 0 Å². The van der Waals surface area contributed by atoms with Gasteiger partial charge in [0.15, 0.2) is 5.69 Å². The Morgan fingerprint density at radius 3 is 2.56 bits per heavy atom. The van der Waals surface area contributed by atoms with E-state index in [0.29, 0.717) is 18.5 Å². The highest BCUT2D eigenvalue weighted by Crippen LogP contribution is 2.15. The molecule has 0 saturated heterocycles. The van der Waals surface area contributed by atoms with Crippen LogP contribution in [0, 0.1) is 10.1 Å². The van der Waals surface area contributed by atoms with Crippen LogP contribution in [0.25, 0.3) is 5.69 Å². The monoisotopic (exact) mass is 346 g/mol. The van der Waals surface area contributed by atoms with E-state index in [1.54, 1.807) is 0 Å². The van der Waals surface area contributed by atoms with E-state index in [9.17, 15) is 19.7 Å². The molecule has 1 heterocycles. The largest absolute Gasteiger partial charge is 0.480 e. The molecule has 0 aliphatic carbocycles. The maximum atomic E-state index is 12.2. The molecular weight excluding hydrogens is 328 g/mol. The molecule has 9 heteroatoms. The number of rotatable bonds is 8. The van der Waals surface area contributed by atoms with Gasteiger partial charge in [-0.05, 0) is 24.6 Å². The lowest BCUT2D eigenvalue weighted by Crippen LogP contribution is -2.40. The third-order valence-electron chi connectivity index (χ3n) is 3.60. The van der Waals surface area contributed by atoms with Gasteiger partial charge in [-0.2, -0.15) is 5.10 Å². The van der Waals surface area contributed by atoms with Crippen molar-refractivity contribution < 1.29 is 19.6 Å². The molecule has 2 N–H and O–H groups in total. The summed E-state index contributed by atoms with van der Waals surface area (Å²) in [6.45, 7) is 1.94. The summed E-state index contributed by atoms with van der Waals surface area (Å²) in [6, 6.07) is 6.18. The number of carboxylic acids is 1. The predicted molar refractivity (Wildman–Crippen MR) is 88.6 cm³/mol. The van der Waals surface area contributed by atoms with Crippen LogP contribution >= 0.6 is 0 Å². The topological polar surface area (TPSA) is 127 Å². The number of nitrogens with zero attached hydrogens (tertiary/aromatic N) is 3. The summed E-state index contributed by atoms with van der Waals surface area (Å²) >= 11 is 0. The highest BCUT2D eigenvalue weighted by molar-refractivity contribution is 5.94. The van der Waals surface area contributed by atoms with E-state index in [2.05, 4.69) is 10.4 Å². The molecule has 132 valence electrons. The molecule has 0 radical (unpaired) electrons. The predicted octanol–water partition coefficient (Wildman–Crippen LogP) is 2.15. The second kappa shape index (κ2) is 8.04. The molecule has 1 unspecified atom stereocenters. The highest BCUT2D eigenvalue weighted by atomic mass is 16.6. The fraction of sp³-hybridized carbons (Fsp3) is 0.312. The first-order valence-corrected chi connectivity index (χ1v) is 7.76. The molecule has 1 aromatic heterocycles. The van der Waals surface area contributed by atoms with E-state index >= 15 is 0 Å². The van der Waals surface area contributed by atoms with E-state index in [0.717, 1.165) is 6.42 Å². The van der Waals surface area contributed by atoms with E-state index in [4.69, 9.17) is 5.11 Å². The molecule has 0 spiro atoms. The number of carbonyl (C=O) groups excluding carboxylic acids is 1. The molecule has 2 rings (SSSR count). The summed E-state index contributed by atoms with van der Waals surface area (Å²) < 4.78 is 1.39. The van der Waals surface area contributed by atoms with Gasteiger partial charge in [-0.1, -0.05) is 19.8 Å². The van der Waals surface area contributed by atoms with Crippen LogP contribution in [0.4, 0.5) is 5.69 Å². The average Bonchev–Trinajstić information content (AvgIpc) is 3.08. The van der Waals surface area contributed by atoms with Crippen LogP contribution < -0.4 is 5.32 Å². The van der Waals surface area contributed by atoms with Crippen LogP contribution in [0.2, 0.25) is 0 Å². The van der Waals surface area contributed by atoms with Crippen LogP contribution in [0.3, 0.4) is 0 Å². The maximum Gasteiger partial charge on any atom is 0.326 e. The van der Waals surface area contributed by atoms with Gasteiger partial charge >= 0.3 is 5.97 Å². The number of amides is 1. The Bertz CT molecular complexity index is 769. The van der Waals surface area contributed by atoms with E-state index in [1.807, 2.05) is 6.92 Å². The van der Waals surface area contributed by atoms with Gasteiger partial charge in [0.2, 0.25) is 0 Å². The normalized spacial score (nSPS) is 11.7. The van der Waals surface area contributed by atoms with E-state index in [-0.39, 0.29) is 11.4 Å². The van der Waals surface area contributed by atoms with E-state index in [1.165, 1.54) is 41.2 Å². The number of nitro benzene ring substituents is 1. The number of aliphatic carboxylic acids is 1. The summed E-state index contributed by atoms with van der Waals surface area (Å²) in [5, 5.41) is 26.4. The van der Waals surface area contributed by atoms with Gasteiger partial charge in [0, 0.05) is 18.3 Å². The molecule has 0 aliphatic heterocycles. The highest BCUT2D eigenvalue weighted by Gasteiger charge is 2.21. The molecule has 9 nitrogen and oxygen atoms in total. The Morgan fingerprint density at radius 1 is 1.32 bits per heavy atom. The zero-order valence-electron chi connectivity index (χ0n) is 13.6. The number of benzene rings is 1. The van der Waals surface area contributed by atoms with Crippen LogP contribution in [-0.2, 0) is 4.79 Å². The molecule has 2 aromatic rings. The quantitative estimate of drug-likeness (QED) is 0.557. The first-order valence-electron chi connectivity index (χ1n) is 7.76. The number of unbranched alkanes of at least 4 members (excludes halogenated alkanes) is 1. The molecule has 0 saturated carbocycles.